The molecule has 0 aliphatic rings. The number of rotatable bonds is 6. The van der Waals surface area contributed by atoms with Gasteiger partial charge in [-0.05, 0) is 32.3 Å². The average molecular weight is 311 g/mol. The van der Waals surface area contributed by atoms with Crippen molar-refractivity contribution in [3.05, 3.63) is 34.9 Å². The highest BCUT2D eigenvalue weighted by molar-refractivity contribution is 7.91. The van der Waals surface area contributed by atoms with Crippen LogP contribution in [0.15, 0.2) is 18.2 Å². The Morgan fingerprint density at radius 2 is 1.62 bits per heavy atom. The number of carbonyl (C=O) groups excluding carboxylic acids is 1. The van der Waals surface area contributed by atoms with E-state index in [0.717, 1.165) is 16.7 Å². The third-order valence-electron chi connectivity index (χ3n) is 3.41. The second kappa shape index (κ2) is 7.07. The molecule has 1 atom stereocenters. The van der Waals surface area contributed by atoms with Crippen LogP contribution in [0.4, 0.5) is 0 Å². The molecule has 0 aliphatic carbocycles. The van der Waals surface area contributed by atoms with Crippen LogP contribution in [0.3, 0.4) is 0 Å². The number of hydrogen-bond donors (Lipinski definition) is 1. The molecular formula is C16H25NO3S. The normalized spacial score (nSPS) is 13.2. The highest BCUT2D eigenvalue weighted by Crippen LogP contribution is 2.12. The van der Waals surface area contributed by atoms with Crippen molar-refractivity contribution in [1.29, 1.82) is 0 Å². The molecule has 5 heteroatoms. The van der Waals surface area contributed by atoms with Crippen LogP contribution in [-0.2, 0) is 20.4 Å². The van der Waals surface area contributed by atoms with E-state index in [2.05, 4.69) is 5.32 Å². The van der Waals surface area contributed by atoms with Crippen molar-refractivity contribution < 1.29 is 13.2 Å². The van der Waals surface area contributed by atoms with E-state index in [1.165, 1.54) is 0 Å². The monoisotopic (exact) mass is 311 g/mol. The summed E-state index contributed by atoms with van der Waals surface area (Å²) in [6.07, 6.45) is 0. The fourth-order valence-electron chi connectivity index (χ4n) is 2.12. The fraction of sp³-hybridized carbons (Fsp3) is 0.562. The van der Waals surface area contributed by atoms with Crippen molar-refractivity contribution >= 4 is 15.7 Å². The lowest BCUT2D eigenvalue weighted by molar-refractivity contribution is -0.119. The maximum absolute atomic E-state index is 12.1. The van der Waals surface area contributed by atoms with Gasteiger partial charge in [-0.1, -0.05) is 43.2 Å². The Labute approximate surface area is 127 Å². The molecule has 1 unspecified atom stereocenters. The van der Waals surface area contributed by atoms with Gasteiger partial charge in [-0.2, -0.15) is 0 Å². The lowest BCUT2D eigenvalue weighted by Gasteiger charge is -2.17. The van der Waals surface area contributed by atoms with E-state index in [1.807, 2.05) is 52.8 Å². The standard InChI is InChI=1S/C16H25NO3S/c1-11(2)14(5)17-16(18)10-21(19,20)9-15-7-12(3)6-13(4)8-15/h6-8,11,14H,9-10H2,1-5H3,(H,17,18). The van der Waals surface area contributed by atoms with Crippen molar-refractivity contribution in [2.75, 3.05) is 5.75 Å². The van der Waals surface area contributed by atoms with Crippen LogP contribution < -0.4 is 5.32 Å². The van der Waals surface area contributed by atoms with Crippen LogP contribution in [0.1, 0.15) is 37.5 Å². The number of sulfone groups is 1. The van der Waals surface area contributed by atoms with Gasteiger partial charge in [-0.3, -0.25) is 4.79 Å². The third-order valence-corrected chi connectivity index (χ3v) is 4.88. The summed E-state index contributed by atoms with van der Waals surface area (Å²) in [5.41, 5.74) is 2.79. The molecule has 0 aliphatic heterocycles. The van der Waals surface area contributed by atoms with Crippen LogP contribution in [0, 0.1) is 19.8 Å². The molecule has 0 spiro atoms. The van der Waals surface area contributed by atoms with Crippen LogP contribution in [-0.4, -0.2) is 26.1 Å². The molecule has 0 heterocycles. The Bertz CT molecular complexity index is 586. The molecule has 4 nitrogen and oxygen atoms in total. The number of carbonyl (C=O) groups is 1. The van der Waals surface area contributed by atoms with Gasteiger partial charge in [0, 0.05) is 6.04 Å². The van der Waals surface area contributed by atoms with Crippen molar-refractivity contribution in [1.82, 2.24) is 5.32 Å². The highest BCUT2D eigenvalue weighted by atomic mass is 32.2. The second-order valence-corrected chi connectivity index (χ2v) is 8.19. The molecule has 1 aromatic carbocycles. The van der Waals surface area contributed by atoms with Crippen molar-refractivity contribution in [3.63, 3.8) is 0 Å². The van der Waals surface area contributed by atoms with Gasteiger partial charge < -0.3 is 5.32 Å². The maximum atomic E-state index is 12.1. The SMILES string of the molecule is Cc1cc(C)cc(CS(=O)(=O)CC(=O)NC(C)C(C)C)c1. The van der Waals surface area contributed by atoms with Gasteiger partial charge >= 0.3 is 0 Å². The summed E-state index contributed by atoms with van der Waals surface area (Å²) in [6, 6.07) is 5.65. The molecule has 1 aromatic rings. The van der Waals surface area contributed by atoms with Gasteiger partial charge in [0.15, 0.2) is 9.84 Å². The van der Waals surface area contributed by atoms with E-state index < -0.39 is 21.5 Å². The molecule has 21 heavy (non-hydrogen) atoms. The number of benzene rings is 1. The predicted molar refractivity (Wildman–Crippen MR) is 85.8 cm³/mol. The van der Waals surface area contributed by atoms with Crippen LogP contribution in [0.5, 0.6) is 0 Å². The minimum absolute atomic E-state index is 0.0334. The summed E-state index contributed by atoms with van der Waals surface area (Å²) in [5.74, 6) is -0.715. The summed E-state index contributed by atoms with van der Waals surface area (Å²) in [7, 11) is -3.45. The lowest BCUT2D eigenvalue weighted by Crippen LogP contribution is -2.39. The zero-order valence-electron chi connectivity index (χ0n) is 13.4. The van der Waals surface area contributed by atoms with Gasteiger partial charge in [-0.25, -0.2) is 8.42 Å². The molecule has 0 aromatic heterocycles. The molecule has 1 rings (SSSR count). The molecule has 1 N–H and O–H groups in total. The minimum atomic E-state index is -3.45. The zero-order valence-corrected chi connectivity index (χ0v) is 14.3. The highest BCUT2D eigenvalue weighted by Gasteiger charge is 2.19. The third kappa shape index (κ3) is 6.29. The van der Waals surface area contributed by atoms with Gasteiger partial charge in [0.1, 0.15) is 5.75 Å². The molecule has 118 valence electrons. The summed E-state index contributed by atoms with van der Waals surface area (Å²) in [4.78, 5) is 11.8. The van der Waals surface area contributed by atoms with E-state index in [9.17, 15) is 13.2 Å². The molecular weight excluding hydrogens is 286 g/mol. The Hall–Kier alpha value is -1.36. The Morgan fingerprint density at radius 1 is 1.10 bits per heavy atom. The van der Waals surface area contributed by atoms with Crippen LogP contribution >= 0.6 is 0 Å². The Kier molecular flexibility index (Phi) is 5.96. The number of aryl methyl sites for hydroxylation is 2. The van der Waals surface area contributed by atoms with Crippen molar-refractivity contribution in [2.45, 2.75) is 46.4 Å². The van der Waals surface area contributed by atoms with Crippen molar-refractivity contribution in [2.24, 2.45) is 5.92 Å². The van der Waals surface area contributed by atoms with E-state index >= 15 is 0 Å². The van der Waals surface area contributed by atoms with E-state index in [1.54, 1.807) is 0 Å². The zero-order chi connectivity index (χ0) is 16.2. The van der Waals surface area contributed by atoms with Crippen LogP contribution in [0.2, 0.25) is 0 Å². The molecule has 1 amide bonds. The average Bonchev–Trinajstić information content (AvgIpc) is 2.24. The molecule has 0 radical (unpaired) electrons. The first-order valence-corrected chi connectivity index (χ1v) is 8.98. The molecule has 0 saturated carbocycles. The first kappa shape index (κ1) is 17.7. The van der Waals surface area contributed by atoms with Gasteiger partial charge in [0.2, 0.25) is 5.91 Å². The maximum Gasteiger partial charge on any atom is 0.235 e. The van der Waals surface area contributed by atoms with Gasteiger partial charge in [0.05, 0.1) is 5.75 Å². The second-order valence-electron chi connectivity index (χ2n) is 6.13. The number of hydrogen-bond acceptors (Lipinski definition) is 3. The fourth-order valence-corrected chi connectivity index (χ4v) is 3.38. The van der Waals surface area contributed by atoms with Crippen LogP contribution in [0.25, 0.3) is 0 Å². The quantitative estimate of drug-likeness (QED) is 0.877. The minimum Gasteiger partial charge on any atom is -0.353 e. The first-order valence-electron chi connectivity index (χ1n) is 7.16. The molecule has 0 fully saturated rings. The first-order chi connectivity index (χ1) is 9.59. The summed E-state index contributed by atoms with van der Waals surface area (Å²) < 4.78 is 24.2. The smallest absolute Gasteiger partial charge is 0.235 e. The van der Waals surface area contributed by atoms with Crippen molar-refractivity contribution in [3.8, 4) is 0 Å². The van der Waals surface area contributed by atoms with Gasteiger partial charge in [-0.15, -0.1) is 0 Å². The summed E-state index contributed by atoms with van der Waals surface area (Å²) in [5, 5.41) is 2.73. The number of nitrogens with one attached hydrogen (secondary N) is 1. The summed E-state index contributed by atoms with van der Waals surface area (Å²) >= 11 is 0. The number of amides is 1. The Balaban J connectivity index is 2.71. The largest absolute Gasteiger partial charge is 0.353 e. The molecule has 0 bridgehead atoms. The van der Waals surface area contributed by atoms with E-state index in [-0.39, 0.29) is 17.7 Å². The lowest BCUT2D eigenvalue weighted by atomic mass is 10.1. The topological polar surface area (TPSA) is 63.2 Å². The van der Waals surface area contributed by atoms with E-state index in [0.29, 0.717) is 0 Å². The predicted octanol–water partition coefficient (Wildman–Crippen LogP) is 2.38. The molecule has 0 saturated heterocycles. The Morgan fingerprint density at radius 3 is 2.10 bits per heavy atom. The van der Waals surface area contributed by atoms with E-state index in [4.69, 9.17) is 0 Å². The summed E-state index contributed by atoms with van der Waals surface area (Å²) in [6.45, 7) is 9.70. The van der Waals surface area contributed by atoms with Gasteiger partial charge in [0.25, 0.3) is 0 Å².